The Bertz CT molecular complexity index is 1060. The zero-order chi connectivity index (χ0) is 19.8. The van der Waals surface area contributed by atoms with Crippen LogP contribution in [-0.4, -0.2) is 55.5 Å². The number of rotatable bonds is 5. The van der Waals surface area contributed by atoms with Crippen LogP contribution in [0.3, 0.4) is 0 Å². The number of nitrogens with one attached hydrogen (secondary N) is 2. The Labute approximate surface area is 169 Å². The van der Waals surface area contributed by atoms with Gasteiger partial charge in [0.1, 0.15) is 5.58 Å². The molecule has 0 unspecified atom stereocenters. The van der Waals surface area contributed by atoms with Crippen molar-refractivity contribution < 1.29 is 18.9 Å². The number of fused-ring (bicyclic) bond motifs is 3. The Hall–Kier alpha value is -2.86. The van der Waals surface area contributed by atoms with E-state index in [0.717, 1.165) is 53.2 Å². The van der Waals surface area contributed by atoms with Gasteiger partial charge in [0.15, 0.2) is 6.54 Å². The smallest absolute Gasteiger partial charge is 0.275 e. The molecule has 3 aromatic rings. The van der Waals surface area contributed by atoms with E-state index in [1.165, 1.54) is 4.90 Å². The van der Waals surface area contributed by atoms with E-state index < -0.39 is 0 Å². The molecule has 1 aromatic heterocycles. The van der Waals surface area contributed by atoms with E-state index >= 15 is 0 Å². The van der Waals surface area contributed by atoms with Crippen molar-refractivity contribution >= 4 is 33.6 Å². The van der Waals surface area contributed by atoms with Crippen LogP contribution < -0.4 is 10.2 Å². The van der Waals surface area contributed by atoms with Crippen molar-refractivity contribution in [3.8, 4) is 0 Å². The third kappa shape index (κ3) is 3.85. The van der Waals surface area contributed by atoms with Crippen LogP contribution in [0.5, 0.6) is 0 Å². The molecule has 0 spiro atoms. The molecule has 2 N–H and O–H groups in total. The second-order valence-corrected chi connectivity index (χ2v) is 8.25. The molecule has 2 amide bonds. The first-order valence-electron chi connectivity index (χ1n) is 10.5. The molecular formula is C23H26N3O3+. The van der Waals surface area contributed by atoms with Gasteiger partial charge < -0.3 is 19.5 Å². The predicted octanol–water partition coefficient (Wildman–Crippen LogP) is 1.13. The van der Waals surface area contributed by atoms with Gasteiger partial charge in [-0.05, 0) is 29.7 Å². The van der Waals surface area contributed by atoms with Gasteiger partial charge in [-0.1, -0.05) is 30.3 Å². The molecule has 6 nitrogen and oxygen atoms in total. The summed E-state index contributed by atoms with van der Waals surface area (Å²) in [5, 5.41) is 6.36. The number of hydrogen-bond donors (Lipinski definition) is 2. The molecule has 2 fully saturated rings. The van der Waals surface area contributed by atoms with Crippen LogP contribution in [0, 0.1) is 0 Å². The molecule has 29 heavy (non-hydrogen) atoms. The first-order chi connectivity index (χ1) is 14.2. The van der Waals surface area contributed by atoms with Crippen LogP contribution in [0.2, 0.25) is 0 Å². The minimum Gasteiger partial charge on any atom is -0.464 e. The topological polar surface area (TPSA) is 67.0 Å². The maximum absolute atomic E-state index is 12.9. The Morgan fingerprint density at radius 2 is 1.90 bits per heavy atom. The summed E-state index contributed by atoms with van der Waals surface area (Å²) >= 11 is 0. The van der Waals surface area contributed by atoms with Gasteiger partial charge in [-0.2, -0.15) is 0 Å². The van der Waals surface area contributed by atoms with Crippen molar-refractivity contribution in [3.05, 3.63) is 48.2 Å². The zero-order valence-corrected chi connectivity index (χ0v) is 16.4. The lowest BCUT2D eigenvalue weighted by molar-refractivity contribution is -0.896. The summed E-state index contributed by atoms with van der Waals surface area (Å²) in [5.41, 5.74) is 1.77. The van der Waals surface area contributed by atoms with Crippen LogP contribution in [0.25, 0.3) is 21.7 Å². The number of benzene rings is 2. The second kappa shape index (κ2) is 7.52. The number of carbonyl (C=O) groups excluding carboxylic acids is 2. The summed E-state index contributed by atoms with van der Waals surface area (Å²) in [6.07, 6.45) is 4.29. The third-order valence-electron chi connectivity index (χ3n) is 6.06. The number of furan rings is 1. The lowest BCUT2D eigenvalue weighted by atomic mass is 10.0. The first kappa shape index (κ1) is 18.2. The van der Waals surface area contributed by atoms with Gasteiger partial charge in [-0.15, -0.1) is 0 Å². The summed E-state index contributed by atoms with van der Waals surface area (Å²) in [6, 6.07) is 12.6. The summed E-state index contributed by atoms with van der Waals surface area (Å²) < 4.78 is 5.72. The average molecular weight is 392 g/mol. The molecule has 2 aromatic carbocycles. The highest BCUT2D eigenvalue weighted by atomic mass is 16.3. The largest absolute Gasteiger partial charge is 0.464 e. The van der Waals surface area contributed by atoms with E-state index in [1.807, 2.05) is 29.2 Å². The van der Waals surface area contributed by atoms with Gasteiger partial charge in [-0.3, -0.25) is 9.59 Å². The fourth-order valence-corrected chi connectivity index (χ4v) is 4.26. The summed E-state index contributed by atoms with van der Waals surface area (Å²) in [4.78, 5) is 28.1. The minimum absolute atomic E-state index is 0.127. The highest BCUT2D eigenvalue weighted by Gasteiger charge is 2.28. The number of amides is 2. The summed E-state index contributed by atoms with van der Waals surface area (Å²) in [6.45, 7) is 3.54. The molecule has 2 aliphatic rings. The monoisotopic (exact) mass is 392 g/mol. The van der Waals surface area contributed by atoms with Gasteiger partial charge in [-0.25, -0.2) is 0 Å². The Balaban J connectivity index is 1.23. The van der Waals surface area contributed by atoms with Gasteiger partial charge in [0.25, 0.3) is 5.91 Å². The molecule has 6 heteroatoms. The van der Waals surface area contributed by atoms with Crippen LogP contribution in [0.1, 0.15) is 18.4 Å². The summed E-state index contributed by atoms with van der Waals surface area (Å²) in [7, 11) is 0. The predicted molar refractivity (Wildman–Crippen MR) is 111 cm³/mol. The first-order valence-corrected chi connectivity index (χ1v) is 10.5. The quantitative estimate of drug-likeness (QED) is 0.684. The van der Waals surface area contributed by atoms with Crippen molar-refractivity contribution in [2.75, 3.05) is 32.7 Å². The molecule has 150 valence electrons. The Morgan fingerprint density at radius 1 is 1.10 bits per heavy atom. The fraction of sp³-hybridized carbons (Fsp3) is 0.391. The fourth-order valence-electron chi connectivity index (χ4n) is 4.26. The van der Waals surface area contributed by atoms with Crippen molar-refractivity contribution in [2.24, 2.45) is 0 Å². The van der Waals surface area contributed by atoms with E-state index in [-0.39, 0.29) is 11.8 Å². The van der Waals surface area contributed by atoms with Crippen LogP contribution in [0.15, 0.2) is 47.1 Å². The molecule has 2 heterocycles. The van der Waals surface area contributed by atoms with Gasteiger partial charge in [0.05, 0.1) is 38.9 Å². The van der Waals surface area contributed by atoms with E-state index in [2.05, 4.69) is 17.4 Å². The van der Waals surface area contributed by atoms with Gasteiger partial charge >= 0.3 is 0 Å². The minimum atomic E-state index is 0.127. The van der Waals surface area contributed by atoms with Crippen molar-refractivity contribution in [3.63, 3.8) is 0 Å². The van der Waals surface area contributed by atoms with Crippen molar-refractivity contribution in [1.29, 1.82) is 0 Å². The summed E-state index contributed by atoms with van der Waals surface area (Å²) in [5.74, 6) is 0.265. The van der Waals surface area contributed by atoms with Gasteiger partial charge in [0, 0.05) is 17.0 Å². The molecule has 0 atom stereocenters. The van der Waals surface area contributed by atoms with Crippen molar-refractivity contribution in [1.82, 2.24) is 10.2 Å². The van der Waals surface area contributed by atoms with Gasteiger partial charge in [0.2, 0.25) is 5.91 Å². The molecule has 1 saturated heterocycles. The van der Waals surface area contributed by atoms with Crippen LogP contribution in [0.4, 0.5) is 0 Å². The Morgan fingerprint density at radius 3 is 2.69 bits per heavy atom. The molecule has 1 aliphatic heterocycles. The maximum Gasteiger partial charge on any atom is 0.275 e. The number of hydrogen-bond acceptors (Lipinski definition) is 3. The highest BCUT2D eigenvalue weighted by Crippen LogP contribution is 2.30. The lowest BCUT2D eigenvalue weighted by Crippen LogP contribution is -3.15. The van der Waals surface area contributed by atoms with Crippen molar-refractivity contribution in [2.45, 2.75) is 25.3 Å². The normalized spacial score (nSPS) is 17.7. The molecule has 1 saturated carbocycles. The van der Waals surface area contributed by atoms with E-state index in [4.69, 9.17) is 4.42 Å². The molecule has 0 radical (unpaired) electrons. The van der Waals surface area contributed by atoms with Crippen LogP contribution in [-0.2, 0) is 16.0 Å². The lowest BCUT2D eigenvalue weighted by Gasteiger charge is -2.32. The van der Waals surface area contributed by atoms with Crippen LogP contribution >= 0.6 is 0 Å². The average Bonchev–Trinajstić information content (AvgIpc) is 3.45. The SMILES string of the molecule is O=C(C[NH+]1CCN(C(=O)Cc2coc3ccc4ccccc4c23)CC1)NC1CC1. The number of piperazine rings is 1. The number of quaternary nitrogens is 1. The Kier molecular flexibility index (Phi) is 4.72. The van der Waals surface area contributed by atoms with E-state index in [0.29, 0.717) is 32.1 Å². The number of carbonyl (C=O) groups is 2. The molecular weight excluding hydrogens is 366 g/mol. The second-order valence-electron chi connectivity index (χ2n) is 8.25. The zero-order valence-electron chi connectivity index (χ0n) is 16.4. The highest BCUT2D eigenvalue weighted by molar-refractivity contribution is 6.08. The molecule has 0 bridgehead atoms. The molecule has 5 rings (SSSR count). The molecule has 1 aliphatic carbocycles. The maximum atomic E-state index is 12.9. The third-order valence-corrected chi connectivity index (χ3v) is 6.06. The number of nitrogens with zero attached hydrogens (tertiary/aromatic N) is 1. The standard InChI is InChI=1S/C23H25N3O3/c27-21(24-18-6-7-18)14-25-9-11-26(12-10-25)22(28)13-17-15-29-20-8-5-16-3-1-2-4-19(16)23(17)20/h1-5,8,15,18H,6-7,9-14H2,(H,24,27)/p+1. The van der Waals surface area contributed by atoms with E-state index in [9.17, 15) is 9.59 Å². The van der Waals surface area contributed by atoms with E-state index in [1.54, 1.807) is 6.26 Å².